The molecule has 1 atom stereocenters. The van der Waals surface area contributed by atoms with Gasteiger partial charge in [0.1, 0.15) is 0 Å². The zero-order valence-electron chi connectivity index (χ0n) is 11.7. The first kappa shape index (κ1) is 16.6. The molecule has 0 aliphatic carbocycles. The van der Waals surface area contributed by atoms with Crippen molar-refractivity contribution in [2.75, 3.05) is 19.3 Å². The predicted molar refractivity (Wildman–Crippen MR) is 82.1 cm³/mol. The Balaban J connectivity index is 2.53. The van der Waals surface area contributed by atoms with Gasteiger partial charge in [0.2, 0.25) is 10.0 Å². The van der Waals surface area contributed by atoms with Gasteiger partial charge >= 0.3 is 0 Å². The molecule has 1 rings (SSSR count). The Morgan fingerprint density at radius 3 is 2.74 bits per heavy atom. The van der Waals surface area contributed by atoms with E-state index in [1.807, 2.05) is 24.6 Å². The summed E-state index contributed by atoms with van der Waals surface area (Å²) in [5.74, 6) is 0.209. The Morgan fingerprint density at radius 1 is 1.37 bits per heavy atom. The van der Waals surface area contributed by atoms with Crippen LogP contribution < -0.4 is 10.0 Å². The number of hydrogen-bond donors (Lipinski definition) is 2. The van der Waals surface area contributed by atoms with Gasteiger partial charge in [-0.2, -0.15) is 0 Å². The van der Waals surface area contributed by atoms with Gasteiger partial charge in [0.25, 0.3) is 0 Å². The van der Waals surface area contributed by atoms with Crippen molar-refractivity contribution in [3.05, 3.63) is 22.4 Å². The molecule has 0 fully saturated rings. The monoisotopic (exact) mass is 304 g/mol. The van der Waals surface area contributed by atoms with Crippen LogP contribution >= 0.6 is 11.3 Å². The predicted octanol–water partition coefficient (Wildman–Crippen LogP) is 2.51. The molecule has 0 amide bonds. The molecular formula is C13H24N2O2S2. The molecule has 110 valence electrons. The number of sulfonamides is 1. The molecular weight excluding hydrogens is 280 g/mol. The summed E-state index contributed by atoms with van der Waals surface area (Å²) in [4.78, 5) is 1.10. The Hall–Kier alpha value is -0.430. The molecule has 0 aromatic carbocycles. The first-order valence-electron chi connectivity index (χ1n) is 6.77. The highest BCUT2D eigenvalue weighted by atomic mass is 32.2. The van der Waals surface area contributed by atoms with Crippen LogP contribution in [0.5, 0.6) is 0 Å². The third-order valence-corrected chi connectivity index (χ3v) is 5.33. The molecule has 0 aliphatic rings. The Bertz CT molecular complexity index is 430. The van der Waals surface area contributed by atoms with E-state index < -0.39 is 10.0 Å². The first-order chi connectivity index (χ1) is 9.09. The third-order valence-electron chi connectivity index (χ3n) is 2.88. The molecule has 19 heavy (non-hydrogen) atoms. The smallest absolute Gasteiger partial charge is 0.212 e. The van der Waals surface area contributed by atoms with Gasteiger partial charge in [-0.1, -0.05) is 19.4 Å². The second-order valence-corrected chi connectivity index (χ2v) is 7.46. The van der Waals surface area contributed by atoms with Gasteiger partial charge < -0.3 is 5.32 Å². The Morgan fingerprint density at radius 2 is 2.16 bits per heavy atom. The van der Waals surface area contributed by atoms with E-state index in [0.717, 1.165) is 30.7 Å². The van der Waals surface area contributed by atoms with E-state index in [4.69, 9.17) is 0 Å². The average molecular weight is 304 g/mol. The zero-order chi connectivity index (χ0) is 14.1. The third kappa shape index (κ3) is 6.51. The molecule has 1 heterocycles. The Labute approximate surface area is 120 Å². The molecule has 2 N–H and O–H groups in total. The van der Waals surface area contributed by atoms with E-state index in [-0.39, 0.29) is 11.8 Å². The number of unbranched alkanes of at least 4 members (excludes halogenated alkanes) is 1. The van der Waals surface area contributed by atoms with Crippen LogP contribution in [0.4, 0.5) is 0 Å². The van der Waals surface area contributed by atoms with Crippen molar-refractivity contribution in [2.24, 2.45) is 0 Å². The molecule has 0 bridgehead atoms. The van der Waals surface area contributed by atoms with Crippen LogP contribution in [0.15, 0.2) is 17.5 Å². The topological polar surface area (TPSA) is 58.2 Å². The fraction of sp³-hybridized carbons (Fsp3) is 0.692. The highest BCUT2D eigenvalue weighted by molar-refractivity contribution is 7.89. The molecule has 0 aliphatic heterocycles. The van der Waals surface area contributed by atoms with Gasteiger partial charge in [0.05, 0.1) is 11.8 Å². The zero-order valence-corrected chi connectivity index (χ0v) is 13.3. The van der Waals surface area contributed by atoms with E-state index >= 15 is 0 Å². The standard InChI is InChI=1S/C13H24N2O2S2/c1-3-7-12(13-8-6-10-18-13)15-19(16,17)11-5-4-9-14-2/h6,8,10,12,14-15H,3-5,7,9,11H2,1-2H3. The van der Waals surface area contributed by atoms with Gasteiger partial charge in [-0.3, -0.25) is 0 Å². The normalized spacial score (nSPS) is 13.6. The lowest BCUT2D eigenvalue weighted by Crippen LogP contribution is -2.30. The summed E-state index contributed by atoms with van der Waals surface area (Å²) in [5, 5.41) is 5.01. The lowest BCUT2D eigenvalue weighted by atomic mass is 10.1. The highest BCUT2D eigenvalue weighted by Crippen LogP contribution is 2.24. The van der Waals surface area contributed by atoms with Crippen LogP contribution in [0.2, 0.25) is 0 Å². The molecule has 0 radical (unpaired) electrons. The number of nitrogens with one attached hydrogen (secondary N) is 2. The summed E-state index contributed by atoms with van der Waals surface area (Å²) in [7, 11) is -1.30. The number of hydrogen-bond acceptors (Lipinski definition) is 4. The van der Waals surface area contributed by atoms with Crippen LogP contribution in [0.25, 0.3) is 0 Å². The van der Waals surface area contributed by atoms with Crippen molar-refractivity contribution in [3.8, 4) is 0 Å². The minimum absolute atomic E-state index is 0.0701. The average Bonchev–Trinajstić information content (AvgIpc) is 2.88. The van der Waals surface area contributed by atoms with Gasteiger partial charge in [0, 0.05) is 4.88 Å². The summed E-state index contributed by atoms with van der Waals surface area (Å²) >= 11 is 1.61. The maximum absolute atomic E-state index is 12.0. The fourth-order valence-corrected chi connectivity index (χ4v) is 4.17. The lowest BCUT2D eigenvalue weighted by molar-refractivity contribution is 0.537. The molecule has 0 saturated carbocycles. The van der Waals surface area contributed by atoms with Gasteiger partial charge in [-0.25, -0.2) is 13.1 Å². The second kappa shape index (κ2) is 8.68. The van der Waals surface area contributed by atoms with Crippen LogP contribution in [-0.4, -0.2) is 27.8 Å². The second-order valence-electron chi connectivity index (χ2n) is 4.60. The fourth-order valence-electron chi connectivity index (χ4n) is 1.91. The summed E-state index contributed by atoms with van der Waals surface area (Å²) in [5.41, 5.74) is 0. The van der Waals surface area contributed by atoms with Crippen LogP contribution in [-0.2, 0) is 10.0 Å². The largest absolute Gasteiger partial charge is 0.320 e. The van der Waals surface area contributed by atoms with Crippen molar-refractivity contribution in [2.45, 2.75) is 38.6 Å². The summed E-state index contributed by atoms with van der Waals surface area (Å²) < 4.78 is 26.9. The summed E-state index contributed by atoms with van der Waals surface area (Å²) in [6.07, 6.45) is 3.38. The molecule has 0 spiro atoms. The molecule has 0 saturated heterocycles. The quantitative estimate of drug-likeness (QED) is 0.653. The van der Waals surface area contributed by atoms with E-state index in [0.29, 0.717) is 6.42 Å². The van der Waals surface area contributed by atoms with E-state index in [1.165, 1.54) is 0 Å². The Kier molecular flexibility index (Phi) is 7.60. The lowest BCUT2D eigenvalue weighted by Gasteiger charge is -2.16. The van der Waals surface area contributed by atoms with Crippen LogP contribution in [0.1, 0.15) is 43.5 Å². The molecule has 1 unspecified atom stereocenters. The molecule has 1 aromatic heterocycles. The van der Waals surface area contributed by atoms with Gasteiger partial charge in [-0.05, 0) is 44.3 Å². The highest BCUT2D eigenvalue weighted by Gasteiger charge is 2.19. The van der Waals surface area contributed by atoms with Crippen molar-refractivity contribution < 1.29 is 8.42 Å². The van der Waals surface area contributed by atoms with E-state index in [2.05, 4.69) is 17.0 Å². The van der Waals surface area contributed by atoms with E-state index in [9.17, 15) is 8.42 Å². The molecule has 4 nitrogen and oxygen atoms in total. The molecule has 1 aromatic rings. The van der Waals surface area contributed by atoms with Gasteiger partial charge in [0.15, 0.2) is 0 Å². The van der Waals surface area contributed by atoms with Crippen LogP contribution in [0.3, 0.4) is 0 Å². The SMILES string of the molecule is CCCC(NS(=O)(=O)CCCCNC)c1cccs1. The first-order valence-corrected chi connectivity index (χ1v) is 9.30. The van der Waals surface area contributed by atoms with Crippen molar-refractivity contribution in [1.82, 2.24) is 10.0 Å². The minimum atomic E-state index is -3.18. The van der Waals surface area contributed by atoms with Gasteiger partial charge in [-0.15, -0.1) is 11.3 Å². The van der Waals surface area contributed by atoms with Crippen molar-refractivity contribution in [3.63, 3.8) is 0 Å². The van der Waals surface area contributed by atoms with E-state index in [1.54, 1.807) is 11.3 Å². The summed E-state index contributed by atoms with van der Waals surface area (Å²) in [6, 6.07) is 3.89. The number of rotatable bonds is 10. The number of thiophene rings is 1. The minimum Gasteiger partial charge on any atom is -0.320 e. The van der Waals surface area contributed by atoms with Crippen molar-refractivity contribution in [1.29, 1.82) is 0 Å². The summed E-state index contributed by atoms with van der Waals surface area (Å²) in [6.45, 7) is 2.93. The maximum atomic E-state index is 12.0. The molecule has 6 heteroatoms. The maximum Gasteiger partial charge on any atom is 0.212 e. The van der Waals surface area contributed by atoms with Crippen LogP contribution in [0, 0.1) is 0 Å². The van der Waals surface area contributed by atoms with Crippen molar-refractivity contribution >= 4 is 21.4 Å².